The molecule has 2 aliphatic heterocycles. The standard InChI is InChI=1S/C17H33N5O2.HI/c1-3-24-17(23)22-12-7-15(8-13-22)20-16(18-2)19-9-14-21-10-5-4-6-11-21;/h15H,3-14H2,1-2H3,(H2,18,19,20);1H. The first kappa shape index (κ1) is 22.3. The Labute approximate surface area is 169 Å². The number of piperidine rings is 2. The van der Waals surface area contributed by atoms with Crippen molar-refractivity contribution in [2.24, 2.45) is 4.99 Å². The number of nitrogens with zero attached hydrogens (tertiary/aromatic N) is 3. The smallest absolute Gasteiger partial charge is 0.409 e. The second-order valence-corrected chi connectivity index (χ2v) is 6.51. The summed E-state index contributed by atoms with van der Waals surface area (Å²) in [6, 6.07) is 0.358. The summed E-state index contributed by atoms with van der Waals surface area (Å²) in [6.07, 6.45) is 5.67. The van der Waals surface area contributed by atoms with E-state index in [-0.39, 0.29) is 30.1 Å². The van der Waals surface area contributed by atoms with Crippen LogP contribution in [0.15, 0.2) is 4.99 Å². The van der Waals surface area contributed by atoms with Gasteiger partial charge in [0.25, 0.3) is 0 Å². The highest BCUT2D eigenvalue weighted by Gasteiger charge is 2.24. The minimum absolute atomic E-state index is 0. The molecule has 0 aromatic heterocycles. The van der Waals surface area contributed by atoms with Crippen LogP contribution in [0.1, 0.15) is 39.0 Å². The maximum Gasteiger partial charge on any atom is 0.409 e. The summed E-state index contributed by atoms with van der Waals surface area (Å²) in [5.74, 6) is 0.863. The molecule has 7 nitrogen and oxygen atoms in total. The fraction of sp³-hybridized carbons (Fsp3) is 0.882. The number of carbonyl (C=O) groups is 1. The van der Waals surface area contributed by atoms with E-state index in [1.54, 1.807) is 4.90 Å². The molecule has 2 rings (SSSR count). The molecule has 2 fully saturated rings. The first-order valence-electron chi connectivity index (χ1n) is 9.34. The van der Waals surface area contributed by atoms with Crippen LogP contribution in [0.3, 0.4) is 0 Å². The average Bonchev–Trinajstić information content (AvgIpc) is 2.62. The Hall–Kier alpha value is -0.770. The lowest BCUT2D eigenvalue weighted by molar-refractivity contribution is 0.0963. The van der Waals surface area contributed by atoms with Gasteiger partial charge in [0.05, 0.1) is 6.61 Å². The highest BCUT2D eigenvalue weighted by atomic mass is 127. The van der Waals surface area contributed by atoms with Crippen molar-refractivity contribution in [1.82, 2.24) is 20.4 Å². The molecular formula is C17H34IN5O2. The summed E-state index contributed by atoms with van der Waals surface area (Å²) in [5.41, 5.74) is 0. The Morgan fingerprint density at radius 3 is 2.44 bits per heavy atom. The summed E-state index contributed by atoms with van der Waals surface area (Å²) in [6.45, 7) is 8.18. The second kappa shape index (κ2) is 12.6. The number of amides is 1. The molecule has 0 spiro atoms. The predicted octanol–water partition coefficient (Wildman–Crippen LogP) is 1.88. The first-order valence-corrected chi connectivity index (χ1v) is 9.34. The number of hydrogen-bond donors (Lipinski definition) is 2. The number of rotatable bonds is 5. The molecule has 0 bridgehead atoms. The van der Waals surface area contributed by atoms with Gasteiger partial charge in [0.1, 0.15) is 0 Å². The van der Waals surface area contributed by atoms with Crippen LogP contribution < -0.4 is 10.6 Å². The minimum atomic E-state index is -0.194. The van der Waals surface area contributed by atoms with E-state index in [4.69, 9.17) is 4.74 Å². The van der Waals surface area contributed by atoms with Crippen molar-refractivity contribution in [1.29, 1.82) is 0 Å². The highest BCUT2D eigenvalue weighted by molar-refractivity contribution is 14.0. The third-order valence-corrected chi connectivity index (χ3v) is 4.75. The van der Waals surface area contributed by atoms with Gasteiger partial charge < -0.3 is 25.2 Å². The van der Waals surface area contributed by atoms with E-state index < -0.39 is 0 Å². The number of likely N-dealkylation sites (tertiary alicyclic amines) is 2. The number of hydrogen-bond acceptors (Lipinski definition) is 4. The molecule has 0 aliphatic carbocycles. The summed E-state index contributed by atoms with van der Waals surface area (Å²) >= 11 is 0. The first-order chi connectivity index (χ1) is 11.7. The van der Waals surface area contributed by atoms with Gasteiger partial charge in [-0.2, -0.15) is 0 Å². The second-order valence-electron chi connectivity index (χ2n) is 6.51. The van der Waals surface area contributed by atoms with Gasteiger partial charge in [-0.1, -0.05) is 6.42 Å². The van der Waals surface area contributed by atoms with Crippen LogP contribution in [0.2, 0.25) is 0 Å². The maximum absolute atomic E-state index is 11.7. The van der Waals surface area contributed by atoms with E-state index in [9.17, 15) is 4.79 Å². The zero-order valence-corrected chi connectivity index (χ0v) is 18.0. The number of nitrogens with one attached hydrogen (secondary N) is 2. The quantitative estimate of drug-likeness (QED) is 0.367. The molecule has 0 aromatic rings. The van der Waals surface area contributed by atoms with Crippen LogP contribution in [0, 0.1) is 0 Å². The number of aliphatic imine (C=N–C) groups is 1. The average molecular weight is 467 g/mol. The molecule has 25 heavy (non-hydrogen) atoms. The molecule has 0 unspecified atom stereocenters. The topological polar surface area (TPSA) is 69.2 Å². The van der Waals surface area contributed by atoms with E-state index in [2.05, 4.69) is 20.5 Å². The molecule has 0 saturated carbocycles. The number of halogens is 1. The molecule has 8 heteroatoms. The van der Waals surface area contributed by atoms with Gasteiger partial charge >= 0.3 is 6.09 Å². The van der Waals surface area contributed by atoms with E-state index >= 15 is 0 Å². The van der Waals surface area contributed by atoms with Gasteiger partial charge in [-0.25, -0.2) is 4.79 Å². The normalized spacial score (nSPS) is 19.9. The van der Waals surface area contributed by atoms with Crippen molar-refractivity contribution < 1.29 is 9.53 Å². The lowest BCUT2D eigenvalue weighted by atomic mass is 10.1. The van der Waals surface area contributed by atoms with E-state index in [1.807, 2.05) is 14.0 Å². The third kappa shape index (κ3) is 7.98. The van der Waals surface area contributed by atoms with E-state index in [1.165, 1.54) is 32.4 Å². The summed E-state index contributed by atoms with van der Waals surface area (Å²) in [7, 11) is 1.81. The zero-order valence-electron chi connectivity index (χ0n) is 15.6. The van der Waals surface area contributed by atoms with E-state index in [0.717, 1.165) is 45.0 Å². The molecule has 2 heterocycles. The molecule has 2 aliphatic rings. The minimum Gasteiger partial charge on any atom is -0.450 e. The Morgan fingerprint density at radius 1 is 1.16 bits per heavy atom. The zero-order chi connectivity index (χ0) is 17.2. The SMILES string of the molecule is CCOC(=O)N1CCC(NC(=NC)NCCN2CCCCC2)CC1.I. The van der Waals surface area contributed by atoms with Crippen LogP contribution in [0.5, 0.6) is 0 Å². The van der Waals surface area contributed by atoms with E-state index in [0.29, 0.717) is 12.6 Å². The largest absolute Gasteiger partial charge is 0.450 e. The van der Waals surface area contributed by atoms with Crippen molar-refractivity contribution in [2.45, 2.75) is 45.1 Å². The molecule has 0 atom stereocenters. The Balaban J connectivity index is 0.00000312. The molecule has 2 N–H and O–H groups in total. The summed E-state index contributed by atoms with van der Waals surface area (Å²) < 4.78 is 5.06. The number of carbonyl (C=O) groups excluding carboxylic acids is 1. The molecule has 0 aromatic carbocycles. The monoisotopic (exact) mass is 467 g/mol. The van der Waals surface area contributed by atoms with Crippen molar-refractivity contribution in [2.75, 3.05) is 52.9 Å². The Bertz CT molecular complexity index is 408. The Morgan fingerprint density at radius 2 is 1.84 bits per heavy atom. The molecule has 1 amide bonds. The van der Waals surface area contributed by atoms with Crippen LogP contribution in [-0.2, 0) is 4.74 Å². The highest BCUT2D eigenvalue weighted by Crippen LogP contribution is 2.11. The van der Waals surface area contributed by atoms with Gasteiger partial charge in [0.2, 0.25) is 0 Å². The fourth-order valence-corrected chi connectivity index (χ4v) is 3.32. The lowest BCUT2D eigenvalue weighted by Crippen LogP contribution is -2.50. The molecule has 146 valence electrons. The van der Waals surface area contributed by atoms with Crippen molar-refractivity contribution in [3.63, 3.8) is 0 Å². The summed E-state index contributed by atoms with van der Waals surface area (Å²) in [5, 5.41) is 6.89. The van der Waals surface area contributed by atoms with Gasteiger partial charge in [0.15, 0.2) is 5.96 Å². The molecule has 2 saturated heterocycles. The van der Waals surface area contributed by atoms with Crippen LogP contribution in [0.25, 0.3) is 0 Å². The predicted molar refractivity (Wildman–Crippen MR) is 112 cm³/mol. The molecular weight excluding hydrogens is 433 g/mol. The van der Waals surface area contributed by atoms with Gasteiger partial charge in [-0.05, 0) is 45.7 Å². The fourth-order valence-electron chi connectivity index (χ4n) is 3.32. The molecule has 0 radical (unpaired) electrons. The van der Waals surface area contributed by atoms with Crippen LogP contribution in [-0.4, -0.2) is 80.8 Å². The van der Waals surface area contributed by atoms with Crippen molar-refractivity contribution in [3.05, 3.63) is 0 Å². The van der Waals surface area contributed by atoms with Gasteiger partial charge in [-0.3, -0.25) is 4.99 Å². The lowest BCUT2D eigenvalue weighted by Gasteiger charge is -2.32. The number of ether oxygens (including phenoxy) is 1. The van der Waals surface area contributed by atoms with Crippen molar-refractivity contribution in [3.8, 4) is 0 Å². The summed E-state index contributed by atoms with van der Waals surface area (Å²) in [4.78, 5) is 20.3. The van der Waals surface area contributed by atoms with Crippen molar-refractivity contribution >= 4 is 36.0 Å². The van der Waals surface area contributed by atoms with Crippen LogP contribution in [0.4, 0.5) is 4.79 Å². The van der Waals surface area contributed by atoms with Gasteiger partial charge in [-0.15, -0.1) is 24.0 Å². The maximum atomic E-state index is 11.7. The Kier molecular flexibility index (Phi) is 11.2. The number of guanidine groups is 1. The van der Waals surface area contributed by atoms with Gasteiger partial charge in [0, 0.05) is 39.3 Å². The third-order valence-electron chi connectivity index (χ3n) is 4.75. The van der Waals surface area contributed by atoms with Crippen LogP contribution >= 0.6 is 24.0 Å².